The minimum Gasteiger partial charge on any atom is -0.329 e. The minimum atomic E-state index is -0.656. The van der Waals surface area contributed by atoms with Gasteiger partial charge in [0.25, 0.3) is 11.8 Å². The zero-order chi connectivity index (χ0) is 18.4. The number of amides is 2. The number of rotatable bonds is 5. The molecule has 26 heavy (non-hydrogen) atoms. The Morgan fingerprint density at radius 2 is 1.77 bits per heavy atom. The molecule has 2 aliphatic rings. The number of hydrogen-bond donors (Lipinski definition) is 0. The lowest BCUT2D eigenvalue weighted by molar-refractivity contribution is -0.167. The van der Waals surface area contributed by atoms with Crippen molar-refractivity contribution in [1.82, 2.24) is 14.8 Å². The number of fused-ring (bicyclic) bond motifs is 1. The lowest BCUT2D eigenvalue weighted by Gasteiger charge is -2.12. The first-order valence-corrected chi connectivity index (χ1v) is 8.67. The van der Waals surface area contributed by atoms with Crippen LogP contribution in [0.4, 0.5) is 0 Å². The molecule has 7 nitrogen and oxygen atoms in total. The summed E-state index contributed by atoms with van der Waals surface area (Å²) in [5.74, 6) is -1.21. The molecule has 0 saturated heterocycles. The second-order valence-corrected chi connectivity index (χ2v) is 6.87. The van der Waals surface area contributed by atoms with Crippen molar-refractivity contribution >= 4 is 17.8 Å². The van der Waals surface area contributed by atoms with Crippen LogP contribution in [0, 0.1) is 19.8 Å². The molecule has 1 fully saturated rings. The van der Waals surface area contributed by atoms with Gasteiger partial charge in [-0.25, -0.2) is 4.79 Å². The Hall–Kier alpha value is -2.96. The van der Waals surface area contributed by atoms with E-state index in [0.29, 0.717) is 11.0 Å². The Balaban J connectivity index is 1.47. The number of aryl methyl sites for hydroxylation is 1. The molecular weight excluding hydrogens is 334 g/mol. The van der Waals surface area contributed by atoms with Crippen LogP contribution in [0.2, 0.25) is 0 Å². The van der Waals surface area contributed by atoms with Gasteiger partial charge in [0.05, 0.1) is 23.2 Å². The van der Waals surface area contributed by atoms with Crippen LogP contribution in [0.15, 0.2) is 24.3 Å². The first-order chi connectivity index (χ1) is 12.5. The summed E-state index contributed by atoms with van der Waals surface area (Å²) in [6, 6.07) is 6.41. The van der Waals surface area contributed by atoms with Crippen LogP contribution in [0.1, 0.15) is 50.5 Å². The number of hydroxylamine groups is 2. The van der Waals surface area contributed by atoms with Gasteiger partial charge in [-0.15, -0.1) is 0 Å². The maximum atomic E-state index is 12.4. The van der Waals surface area contributed by atoms with Gasteiger partial charge in [0.1, 0.15) is 0 Å². The molecule has 0 N–H and O–H groups in total. The van der Waals surface area contributed by atoms with Crippen molar-refractivity contribution in [2.45, 2.75) is 39.7 Å². The van der Waals surface area contributed by atoms with E-state index in [2.05, 4.69) is 5.10 Å². The van der Waals surface area contributed by atoms with Crippen molar-refractivity contribution in [3.8, 4) is 0 Å². The summed E-state index contributed by atoms with van der Waals surface area (Å²) in [6.07, 6.45) is 2.40. The van der Waals surface area contributed by atoms with Gasteiger partial charge < -0.3 is 4.84 Å². The Morgan fingerprint density at radius 3 is 2.35 bits per heavy atom. The molecule has 0 spiro atoms. The van der Waals surface area contributed by atoms with E-state index in [0.717, 1.165) is 23.5 Å². The summed E-state index contributed by atoms with van der Waals surface area (Å²) in [7, 11) is 0. The normalized spacial score (nSPS) is 16.2. The highest BCUT2D eigenvalue weighted by molar-refractivity contribution is 6.20. The predicted octanol–water partition coefficient (Wildman–Crippen LogP) is 2.21. The number of carbonyl (C=O) groups excluding carboxylic acids is 3. The molecule has 0 bridgehead atoms. The molecule has 7 heteroatoms. The molecule has 134 valence electrons. The fourth-order valence-corrected chi connectivity index (χ4v) is 3.24. The lowest BCUT2D eigenvalue weighted by Crippen LogP contribution is -2.33. The van der Waals surface area contributed by atoms with Crippen LogP contribution in [0.25, 0.3) is 0 Å². The van der Waals surface area contributed by atoms with Gasteiger partial charge in [0, 0.05) is 17.8 Å². The first kappa shape index (κ1) is 16.5. The molecular formula is C19H19N3O4. The average Bonchev–Trinajstić information content (AvgIpc) is 3.37. The van der Waals surface area contributed by atoms with Crippen molar-refractivity contribution in [2.24, 2.45) is 5.92 Å². The molecule has 1 aromatic heterocycles. The highest BCUT2D eigenvalue weighted by atomic mass is 16.7. The number of benzene rings is 1. The largest absolute Gasteiger partial charge is 0.337 e. The number of nitrogens with zero attached hydrogens (tertiary/aromatic N) is 3. The van der Waals surface area contributed by atoms with Crippen molar-refractivity contribution in [1.29, 1.82) is 0 Å². The zero-order valence-corrected chi connectivity index (χ0v) is 14.7. The molecule has 2 amide bonds. The van der Waals surface area contributed by atoms with Crippen molar-refractivity contribution in [3.63, 3.8) is 0 Å². The van der Waals surface area contributed by atoms with E-state index in [4.69, 9.17) is 4.84 Å². The first-order valence-electron chi connectivity index (χ1n) is 8.67. The van der Waals surface area contributed by atoms with Gasteiger partial charge in [-0.1, -0.05) is 17.2 Å². The van der Waals surface area contributed by atoms with Crippen LogP contribution in [-0.2, 0) is 22.6 Å². The molecule has 2 heterocycles. The highest BCUT2D eigenvalue weighted by Crippen LogP contribution is 2.31. The summed E-state index contributed by atoms with van der Waals surface area (Å²) in [5.41, 5.74) is 2.97. The second kappa shape index (κ2) is 6.09. The number of aromatic nitrogens is 2. The maximum absolute atomic E-state index is 12.4. The molecule has 4 rings (SSSR count). The molecule has 2 aromatic rings. The third-order valence-electron chi connectivity index (χ3n) is 4.93. The van der Waals surface area contributed by atoms with Crippen LogP contribution >= 0.6 is 0 Å². The highest BCUT2D eigenvalue weighted by Gasteiger charge is 2.38. The van der Waals surface area contributed by atoms with E-state index in [-0.39, 0.29) is 17.5 Å². The Labute approximate surface area is 150 Å². The molecule has 1 saturated carbocycles. The number of hydrogen-bond acceptors (Lipinski definition) is 5. The summed E-state index contributed by atoms with van der Waals surface area (Å²) in [6.45, 7) is 4.63. The molecule has 1 aliphatic carbocycles. The molecule has 0 atom stereocenters. The number of carbonyl (C=O) groups is 3. The minimum absolute atomic E-state index is 0.0320. The SMILES string of the molecule is Cc1nn(CC2CC2)c(C)c1CC(=O)ON1C(=O)c2ccccc2C1=O. The molecule has 1 aliphatic heterocycles. The lowest BCUT2D eigenvalue weighted by atomic mass is 10.1. The zero-order valence-electron chi connectivity index (χ0n) is 14.7. The molecule has 0 unspecified atom stereocenters. The predicted molar refractivity (Wildman–Crippen MR) is 91.2 cm³/mol. The van der Waals surface area contributed by atoms with Crippen LogP contribution < -0.4 is 0 Å². The van der Waals surface area contributed by atoms with Crippen molar-refractivity contribution in [2.75, 3.05) is 0 Å². The Morgan fingerprint density at radius 1 is 1.15 bits per heavy atom. The Bertz CT molecular complexity index is 892. The van der Waals surface area contributed by atoms with Gasteiger partial charge in [-0.3, -0.25) is 14.3 Å². The summed E-state index contributed by atoms with van der Waals surface area (Å²) >= 11 is 0. The van der Waals surface area contributed by atoms with Gasteiger partial charge in [-0.05, 0) is 44.7 Å². The smallest absolute Gasteiger partial charge is 0.329 e. The van der Waals surface area contributed by atoms with Crippen LogP contribution in [-0.4, -0.2) is 32.6 Å². The van der Waals surface area contributed by atoms with Crippen molar-refractivity contribution in [3.05, 3.63) is 52.3 Å². The second-order valence-electron chi connectivity index (χ2n) is 6.87. The summed E-state index contributed by atoms with van der Waals surface area (Å²) in [5, 5.41) is 5.05. The number of imide groups is 1. The maximum Gasteiger partial charge on any atom is 0.337 e. The van der Waals surface area contributed by atoms with Crippen LogP contribution in [0.3, 0.4) is 0 Å². The summed E-state index contributed by atoms with van der Waals surface area (Å²) < 4.78 is 1.93. The van der Waals surface area contributed by atoms with E-state index in [1.807, 2.05) is 18.5 Å². The van der Waals surface area contributed by atoms with E-state index in [1.165, 1.54) is 12.8 Å². The fourth-order valence-electron chi connectivity index (χ4n) is 3.24. The summed E-state index contributed by atoms with van der Waals surface area (Å²) in [4.78, 5) is 42.0. The Kier molecular flexibility index (Phi) is 3.86. The fraction of sp³-hybridized carbons (Fsp3) is 0.368. The van der Waals surface area contributed by atoms with E-state index in [1.54, 1.807) is 24.3 Å². The van der Waals surface area contributed by atoms with Gasteiger partial charge in [-0.2, -0.15) is 5.10 Å². The average molecular weight is 353 g/mol. The monoisotopic (exact) mass is 353 g/mol. The molecule has 0 radical (unpaired) electrons. The third kappa shape index (κ3) is 2.79. The van der Waals surface area contributed by atoms with Gasteiger partial charge in [0.15, 0.2) is 0 Å². The van der Waals surface area contributed by atoms with Gasteiger partial charge >= 0.3 is 5.97 Å². The van der Waals surface area contributed by atoms with Crippen LogP contribution in [0.5, 0.6) is 0 Å². The topological polar surface area (TPSA) is 81.5 Å². The van der Waals surface area contributed by atoms with E-state index in [9.17, 15) is 14.4 Å². The molecule has 1 aromatic carbocycles. The van der Waals surface area contributed by atoms with Crippen molar-refractivity contribution < 1.29 is 19.2 Å². The third-order valence-corrected chi connectivity index (χ3v) is 4.93. The van der Waals surface area contributed by atoms with E-state index >= 15 is 0 Å². The van der Waals surface area contributed by atoms with E-state index < -0.39 is 17.8 Å². The van der Waals surface area contributed by atoms with Gasteiger partial charge in [0.2, 0.25) is 0 Å². The standard InChI is InChI=1S/C19H19N3O4/c1-11-16(12(2)21(20-11)10-13-7-8-13)9-17(23)26-22-18(24)14-5-3-4-6-15(14)19(22)25/h3-6,13H,7-10H2,1-2H3. The quantitative estimate of drug-likeness (QED) is 0.770.